The Labute approximate surface area is 191 Å². The Kier molecular flexibility index (Phi) is 7.52. The molecule has 166 valence electrons. The number of likely N-dealkylation sites (tertiary alicyclic amines) is 1. The maximum Gasteiger partial charge on any atom is 0.407 e. The second-order valence-corrected chi connectivity index (χ2v) is 8.45. The van der Waals surface area contributed by atoms with Gasteiger partial charge in [-0.3, -0.25) is 4.79 Å². The lowest BCUT2D eigenvalue weighted by atomic mass is 10.0. The Bertz CT molecular complexity index is 989. The molecule has 2 aromatic carbocycles. The van der Waals surface area contributed by atoms with Crippen LogP contribution >= 0.6 is 22.6 Å². The van der Waals surface area contributed by atoms with Gasteiger partial charge in [-0.2, -0.15) is 0 Å². The lowest BCUT2D eigenvalue weighted by Gasteiger charge is -2.33. The van der Waals surface area contributed by atoms with Crippen molar-refractivity contribution in [3.8, 4) is 5.75 Å². The quantitative estimate of drug-likeness (QED) is 0.438. The molecule has 1 heterocycles. The zero-order chi connectivity index (χ0) is 22.5. The molecule has 0 bridgehead atoms. The second kappa shape index (κ2) is 10.1. The number of carboxylic acid groups (broad SMARTS) is 1. The van der Waals surface area contributed by atoms with E-state index in [1.54, 1.807) is 6.07 Å². The number of nitrogens with two attached hydrogens (primary N) is 1. The first-order valence-corrected chi connectivity index (χ1v) is 10.8. The standard InChI is InChI=1S/C21H22F2IN3O4/c22-12-9-17(26-16-5-4-13(24)11-15(16)23)19(20(25)28)18(10-12)31-8-6-14-3-1-2-7-27(14)21(29)30/h4-5,9-11,14,26H,1-3,6-8H2,(H2,25,28)(H,29,30). The minimum atomic E-state index is -0.987. The van der Waals surface area contributed by atoms with Gasteiger partial charge in [-0.1, -0.05) is 0 Å². The summed E-state index contributed by atoms with van der Waals surface area (Å²) in [5.74, 6) is -2.22. The van der Waals surface area contributed by atoms with Gasteiger partial charge in [0, 0.05) is 28.6 Å². The van der Waals surface area contributed by atoms with E-state index in [4.69, 9.17) is 10.5 Å². The average Bonchev–Trinajstić information content (AvgIpc) is 2.69. The van der Waals surface area contributed by atoms with Crippen LogP contribution in [0.25, 0.3) is 0 Å². The van der Waals surface area contributed by atoms with Crippen molar-refractivity contribution in [3.05, 3.63) is 51.1 Å². The van der Waals surface area contributed by atoms with E-state index >= 15 is 0 Å². The van der Waals surface area contributed by atoms with Gasteiger partial charge in [-0.15, -0.1) is 0 Å². The minimum Gasteiger partial charge on any atom is -0.492 e. The number of ether oxygens (including phenoxy) is 1. The first-order chi connectivity index (χ1) is 14.8. The van der Waals surface area contributed by atoms with Crippen LogP contribution in [0.3, 0.4) is 0 Å². The number of halogens is 3. The fourth-order valence-electron chi connectivity index (χ4n) is 3.64. The summed E-state index contributed by atoms with van der Waals surface area (Å²) in [5.41, 5.74) is 5.42. The van der Waals surface area contributed by atoms with Gasteiger partial charge >= 0.3 is 6.09 Å². The zero-order valence-corrected chi connectivity index (χ0v) is 18.7. The van der Waals surface area contributed by atoms with Gasteiger partial charge in [-0.05, 0) is 66.1 Å². The van der Waals surface area contributed by atoms with Crippen molar-refractivity contribution < 1.29 is 28.2 Å². The number of carbonyl (C=O) groups excluding carboxylic acids is 1. The first kappa shape index (κ1) is 23.0. The van der Waals surface area contributed by atoms with Crippen molar-refractivity contribution in [2.24, 2.45) is 5.73 Å². The van der Waals surface area contributed by atoms with Crippen molar-refractivity contribution >= 4 is 46.0 Å². The number of carbonyl (C=O) groups is 2. The van der Waals surface area contributed by atoms with Gasteiger partial charge in [0.25, 0.3) is 5.91 Å². The molecule has 0 saturated carbocycles. The Morgan fingerprint density at radius 3 is 2.68 bits per heavy atom. The number of piperidine rings is 1. The number of nitrogens with zero attached hydrogens (tertiary/aromatic N) is 1. The molecule has 2 aromatic rings. The summed E-state index contributed by atoms with van der Waals surface area (Å²) in [7, 11) is 0. The molecule has 4 N–H and O–H groups in total. The summed E-state index contributed by atoms with van der Waals surface area (Å²) in [6.45, 7) is 0.525. The van der Waals surface area contributed by atoms with Gasteiger partial charge in [0.05, 0.1) is 18.0 Å². The van der Waals surface area contributed by atoms with Gasteiger partial charge in [0.2, 0.25) is 0 Å². The fourth-order valence-corrected chi connectivity index (χ4v) is 4.10. The van der Waals surface area contributed by atoms with E-state index in [1.165, 1.54) is 17.0 Å². The number of hydrogen-bond acceptors (Lipinski definition) is 4. The molecular weight excluding hydrogens is 523 g/mol. The van der Waals surface area contributed by atoms with E-state index in [9.17, 15) is 23.5 Å². The number of rotatable bonds is 7. The van der Waals surface area contributed by atoms with E-state index < -0.39 is 23.6 Å². The summed E-state index contributed by atoms with van der Waals surface area (Å²) >= 11 is 1.96. The molecule has 3 rings (SSSR count). The molecule has 2 amide bonds. The van der Waals surface area contributed by atoms with Crippen LogP contribution in [0.15, 0.2) is 30.3 Å². The van der Waals surface area contributed by atoms with Crippen LogP contribution < -0.4 is 15.8 Å². The highest BCUT2D eigenvalue weighted by Gasteiger charge is 2.26. The Morgan fingerprint density at radius 2 is 2.00 bits per heavy atom. The monoisotopic (exact) mass is 545 g/mol. The van der Waals surface area contributed by atoms with Gasteiger partial charge in [0.15, 0.2) is 0 Å². The van der Waals surface area contributed by atoms with E-state index in [0.717, 1.165) is 25.0 Å². The van der Waals surface area contributed by atoms with E-state index in [0.29, 0.717) is 23.0 Å². The van der Waals surface area contributed by atoms with E-state index in [-0.39, 0.29) is 35.3 Å². The van der Waals surface area contributed by atoms with Crippen molar-refractivity contribution in [1.82, 2.24) is 4.90 Å². The molecule has 1 saturated heterocycles. The Morgan fingerprint density at radius 1 is 1.23 bits per heavy atom. The molecule has 0 aliphatic carbocycles. The van der Waals surface area contributed by atoms with Crippen molar-refractivity contribution in [3.63, 3.8) is 0 Å². The number of primary amides is 1. The van der Waals surface area contributed by atoms with Crippen LogP contribution in [0.2, 0.25) is 0 Å². The third-order valence-corrected chi connectivity index (χ3v) is 5.77. The summed E-state index contributed by atoms with van der Waals surface area (Å²) < 4.78 is 34.8. The largest absolute Gasteiger partial charge is 0.492 e. The molecule has 10 heteroatoms. The highest BCUT2D eigenvalue weighted by atomic mass is 127. The van der Waals surface area contributed by atoms with Crippen molar-refractivity contribution in [2.45, 2.75) is 31.7 Å². The summed E-state index contributed by atoms with van der Waals surface area (Å²) in [6, 6.07) is 6.28. The Hall–Kier alpha value is -2.63. The number of benzene rings is 2. The van der Waals surface area contributed by atoms with Crippen molar-refractivity contribution in [2.75, 3.05) is 18.5 Å². The molecule has 1 aliphatic heterocycles. The maximum absolute atomic E-state index is 14.2. The number of hydrogen-bond donors (Lipinski definition) is 3. The topological polar surface area (TPSA) is 105 Å². The molecule has 0 aromatic heterocycles. The van der Waals surface area contributed by atoms with Crippen LogP contribution in [-0.4, -0.2) is 41.2 Å². The van der Waals surface area contributed by atoms with Crippen LogP contribution in [0.1, 0.15) is 36.0 Å². The second-order valence-electron chi connectivity index (χ2n) is 7.20. The van der Waals surface area contributed by atoms with Crippen LogP contribution in [0, 0.1) is 15.2 Å². The highest BCUT2D eigenvalue weighted by Crippen LogP contribution is 2.32. The predicted octanol–water partition coefficient (Wildman–Crippen LogP) is 4.71. The van der Waals surface area contributed by atoms with Crippen molar-refractivity contribution in [1.29, 1.82) is 0 Å². The lowest BCUT2D eigenvalue weighted by molar-refractivity contribution is 0.0962. The number of amides is 2. The van der Waals surface area contributed by atoms with E-state index in [2.05, 4.69) is 5.32 Å². The minimum absolute atomic E-state index is 0.0209. The summed E-state index contributed by atoms with van der Waals surface area (Å²) in [6.07, 6.45) is 1.83. The number of nitrogens with one attached hydrogen (secondary N) is 1. The smallest absolute Gasteiger partial charge is 0.407 e. The average molecular weight is 545 g/mol. The summed E-state index contributed by atoms with van der Waals surface area (Å²) in [4.78, 5) is 24.9. The van der Waals surface area contributed by atoms with Crippen LogP contribution in [-0.2, 0) is 0 Å². The molecule has 31 heavy (non-hydrogen) atoms. The fraction of sp³-hybridized carbons (Fsp3) is 0.333. The first-order valence-electron chi connectivity index (χ1n) is 9.74. The molecule has 1 atom stereocenters. The van der Waals surface area contributed by atoms with Gasteiger partial charge < -0.3 is 25.8 Å². The molecular formula is C21H22F2IN3O4. The third kappa shape index (κ3) is 5.75. The number of anilines is 2. The van der Waals surface area contributed by atoms with Gasteiger partial charge in [-0.25, -0.2) is 13.6 Å². The molecule has 1 aliphatic rings. The predicted molar refractivity (Wildman–Crippen MR) is 120 cm³/mol. The summed E-state index contributed by atoms with van der Waals surface area (Å²) in [5, 5.41) is 12.0. The lowest BCUT2D eigenvalue weighted by Crippen LogP contribution is -2.43. The molecule has 1 fully saturated rings. The van der Waals surface area contributed by atoms with E-state index in [1.807, 2.05) is 22.6 Å². The zero-order valence-electron chi connectivity index (χ0n) is 16.5. The Balaban J connectivity index is 1.80. The van der Waals surface area contributed by atoms with Gasteiger partial charge in [0.1, 0.15) is 22.9 Å². The molecule has 0 spiro atoms. The molecule has 0 radical (unpaired) electrons. The molecule has 7 nitrogen and oxygen atoms in total. The highest BCUT2D eigenvalue weighted by molar-refractivity contribution is 14.1. The van der Waals surface area contributed by atoms with Crippen LogP contribution in [0.4, 0.5) is 25.0 Å². The van der Waals surface area contributed by atoms with Crippen LogP contribution in [0.5, 0.6) is 5.75 Å². The third-order valence-electron chi connectivity index (χ3n) is 5.10. The SMILES string of the molecule is NC(=O)c1c(Nc2ccc(I)cc2F)cc(F)cc1OCCC1CCCCN1C(=O)O. The maximum atomic E-state index is 14.2. The normalized spacial score (nSPS) is 16.1. The molecule has 1 unspecified atom stereocenters.